The number of piperidine rings is 1. The molecule has 0 saturated carbocycles. The minimum atomic E-state index is 0.214. The number of hydrogen-bond donors (Lipinski definition) is 1. The maximum absolute atomic E-state index is 12.2. The van der Waals surface area contributed by atoms with Crippen LogP contribution in [0.4, 0.5) is 0 Å². The van der Waals surface area contributed by atoms with Crippen LogP contribution in [0.1, 0.15) is 36.1 Å². The van der Waals surface area contributed by atoms with E-state index in [4.69, 9.17) is 0 Å². The van der Waals surface area contributed by atoms with Gasteiger partial charge in [0.25, 0.3) is 0 Å². The van der Waals surface area contributed by atoms with Gasteiger partial charge in [0.15, 0.2) is 0 Å². The minimum Gasteiger partial charge on any atom is -0.352 e. The zero-order chi connectivity index (χ0) is 17.3. The van der Waals surface area contributed by atoms with Gasteiger partial charge in [0.2, 0.25) is 5.91 Å². The van der Waals surface area contributed by atoms with Gasteiger partial charge in [-0.15, -0.1) is 11.3 Å². The largest absolute Gasteiger partial charge is 0.352 e. The molecule has 1 aromatic carbocycles. The van der Waals surface area contributed by atoms with Crippen LogP contribution in [0.5, 0.6) is 0 Å². The average Bonchev–Trinajstić information content (AvgIpc) is 3.15. The zero-order valence-electron chi connectivity index (χ0n) is 14.8. The van der Waals surface area contributed by atoms with Crippen molar-refractivity contribution in [2.24, 2.45) is 0 Å². The Morgan fingerprint density at radius 1 is 1.16 bits per heavy atom. The zero-order valence-corrected chi connectivity index (χ0v) is 15.6. The Morgan fingerprint density at radius 2 is 2.04 bits per heavy atom. The number of rotatable bonds is 8. The lowest BCUT2D eigenvalue weighted by atomic mass is 10.0. The van der Waals surface area contributed by atoms with Crippen molar-refractivity contribution in [3.8, 4) is 0 Å². The molecule has 1 atom stereocenters. The molecule has 1 amide bonds. The highest BCUT2D eigenvalue weighted by molar-refractivity contribution is 7.09. The molecule has 3 rings (SSSR count). The predicted octanol–water partition coefficient (Wildman–Crippen LogP) is 3.89. The standard InChI is InChI=1S/C21H28N2OS/c24-21(12-4-10-20-11-6-16-25-20)22-19-9-5-14-23(17-19)15-13-18-7-2-1-3-8-18/h1-3,6-8,11,16,19H,4-5,9-10,12-15,17H2,(H,22,24)/t19-/m1/s1. The van der Waals surface area contributed by atoms with Crippen LogP contribution in [0.3, 0.4) is 0 Å². The van der Waals surface area contributed by atoms with Crippen LogP contribution in [0.15, 0.2) is 47.8 Å². The van der Waals surface area contributed by atoms with Gasteiger partial charge in [0.1, 0.15) is 0 Å². The molecule has 134 valence electrons. The van der Waals surface area contributed by atoms with E-state index in [2.05, 4.69) is 58.1 Å². The summed E-state index contributed by atoms with van der Waals surface area (Å²) in [5.41, 5.74) is 1.39. The minimum absolute atomic E-state index is 0.214. The van der Waals surface area contributed by atoms with Gasteiger partial charge in [-0.25, -0.2) is 0 Å². The van der Waals surface area contributed by atoms with E-state index in [0.717, 1.165) is 45.3 Å². The smallest absolute Gasteiger partial charge is 0.220 e. The number of likely N-dealkylation sites (tertiary alicyclic amines) is 1. The highest BCUT2D eigenvalue weighted by atomic mass is 32.1. The lowest BCUT2D eigenvalue weighted by Gasteiger charge is -2.33. The Kier molecular flexibility index (Phi) is 7.07. The Bertz CT molecular complexity index is 627. The van der Waals surface area contributed by atoms with Crippen molar-refractivity contribution in [2.45, 2.75) is 44.6 Å². The van der Waals surface area contributed by atoms with E-state index in [1.807, 2.05) is 0 Å². The number of benzene rings is 1. The molecular formula is C21H28N2OS. The molecule has 1 fully saturated rings. The van der Waals surface area contributed by atoms with Crippen LogP contribution in [-0.4, -0.2) is 36.5 Å². The van der Waals surface area contributed by atoms with Crippen molar-refractivity contribution < 1.29 is 4.79 Å². The summed E-state index contributed by atoms with van der Waals surface area (Å²) in [5.74, 6) is 0.214. The van der Waals surface area contributed by atoms with Crippen molar-refractivity contribution in [1.82, 2.24) is 10.2 Å². The molecular weight excluding hydrogens is 328 g/mol. The second-order valence-corrected chi connectivity index (χ2v) is 7.91. The van der Waals surface area contributed by atoms with Crippen molar-refractivity contribution in [2.75, 3.05) is 19.6 Å². The molecule has 4 heteroatoms. The van der Waals surface area contributed by atoms with Crippen molar-refractivity contribution in [3.63, 3.8) is 0 Å². The van der Waals surface area contributed by atoms with Gasteiger partial charge in [-0.05, 0) is 55.7 Å². The lowest BCUT2D eigenvalue weighted by Crippen LogP contribution is -2.48. The van der Waals surface area contributed by atoms with E-state index in [0.29, 0.717) is 12.5 Å². The average molecular weight is 357 g/mol. The Morgan fingerprint density at radius 3 is 2.84 bits per heavy atom. The molecule has 2 aromatic rings. The van der Waals surface area contributed by atoms with E-state index in [1.165, 1.54) is 16.9 Å². The molecule has 1 saturated heterocycles. The summed E-state index contributed by atoms with van der Waals surface area (Å²) in [6, 6.07) is 15.2. The van der Waals surface area contributed by atoms with Gasteiger partial charge < -0.3 is 10.2 Å². The van der Waals surface area contributed by atoms with Gasteiger partial charge >= 0.3 is 0 Å². The van der Waals surface area contributed by atoms with E-state index < -0.39 is 0 Å². The normalized spacial score (nSPS) is 18.2. The first-order valence-corrected chi connectivity index (χ1v) is 10.3. The number of hydrogen-bond acceptors (Lipinski definition) is 3. The van der Waals surface area contributed by atoms with Crippen LogP contribution in [0, 0.1) is 0 Å². The fourth-order valence-electron chi connectivity index (χ4n) is 3.49. The molecule has 0 radical (unpaired) electrons. The van der Waals surface area contributed by atoms with Crippen molar-refractivity contribution in [1.29, 1.82) is 0 Å². The molecule has 0 bridgehead atoms. The van der Waals surface area contributed by atoms with Crippen molar-refractivity contribution in [3.05, 3.63) is 58.3 Å². The summed E-state index contributed by atoms with van der Waals surface area (Å²) in [5, 5.41) is 5.35. The molecule has 1 N–H and O–H groups in total. The highest BCUT2D eigenvalue weighted by Crippen LogP contribution is 2.14. The number of carbonyl (C=O) groups is 1. The fraction of sp³-hybridized carbons (Fsp3) is 0.476. The SMILES string of the molecule is O=C(CCCc1cccs1)N[C@@H]1CCCN(CCc2ccccc2)C1. The van der Waals surface area contributed by atoms with Gasteiger partial charge in [0, 0.05) is 30.4 Å². The summed E-state index contributed by atoms with van der Waals surface area (Å²) in [6.07, 6.45) is 5.96. The Hall–Kier alpha value is -1.65. The summed E-state index contributed by atoms with van der Waals surface area (Å²) in [4.78, 5) is 16.1. The molecule has 2 heterocycles. The van der Waals surface area contributed by atoms with E-state index in [-0.39, 0.29) is 5.91 Å². The van der Waals surface area contributed by atoms with Gasteiger partial charge in [0.05, 0.1) is 0 Å². The monoisotopic (exact) mass is 356 g/mol. The molecule has 3 nitrogen and oxygen atoms in total. The summed E-state index contributed by atoms with van der Waals surface area (Å²) < 4.78 is 0. The van der Waals surface area contributed by atoms with Crippen LogP contribution >= 0.6 is 11.3 Å². The molecule has 0 spiro atoms. The van der Waals surface area contributed by atoms with E-state index >= 15 is 0 Å². The van der Waals surface area contributed by atoms with Gasteiger partial charge in [-0.3, -0.25) is 4.79 Å². The number of aryl methyl sites for hydroxylation is 1. The van der Waals surface area contributed by atoms with E-state index in [9.17, 15) is 4.79 Å². The third-order valence-electron chi connectivity index (χ3n) is 4.84. The molecule has 1 aliphatic rings. The van der Waals surface area contributed by atoms with Crippen LogP contribution in [0.2, 0.25) is 0 Å². The molecule has 25 heavy (non-hydrogen) atoms. The Balaban J connectivity index is 1.35. The van der Waals surface area contributed by atoms with Crippen LogP contribution < -0.4 is 5.32 Å². The first-order chi connectivity index (χ1) is 12.3. The third-order valence-corrected chi connectivity index (χ3v) is 5.77. The number of nitrogens with one attached hydrogen (secondary N) is 1. The van der Waals surface area contributed by atoms with Gasteiger partial charge in [-0.2, -0.15) is 0 Å². The predicted molar refractivity (Wildman–Crippen MR) is 105 cm³/mol. The third kappa shape index (κ3) is 6.29. The molecule has 0 unspecified atom stereocenters. The van der Waals surface area contributed by atoms with Crippen LogP contribution in [0.25, 0.3) is 0 Å². The number of thiophene rings is 1. The maximum Gasteiger partial charge on any atom is 0.220 e. The molecule has 0 aliphatic carbocycles. The van der Waals surface area contributed by atoms with Crippen molar-refractivity contribution >= 4 is 17.2 Å². The van der Waals surface area contributed by atoms with E-state index in [1.54, 1.807) is 11.3 Å². The summed E-state index contributed by atoms with van der Waals surface area (Å²) >= 11 is 1.78. The Labute approximate surface area is 155 Å². The lowest BCUT2D eigenvalue weighted by molar-refractivity contribution is -0.122. The second kappa shape index (κ2) is 9.73. The van der Waals surface area contributed by atoms with Crippen LogP contribution in [-0.2, 0) is 17.6 Å². The molecule has 1 aromatic heterocycles. The highest BCUT2D eigenvalue weighted by Gasteiger charge is 2.20. The van der Waals surface area contributed by atoms with Gasteiger partial charge in [-0.1, -0.05) is 36.4 Å². The second-order valence-electron chi connectivity index (χ2n) is 6.88. The number of amides is 1. The first kappa shape index (κ1) is 18.2. The number of nitrogens with zero attached hydrogens (tertiary/aromatic N) is 1. The fourth-order valence-corrected chi connectivity index (χ4v) is 4.24. The topological polar surface area (TPSA) is 32.3 Å². The first-order valence-electron chi connectivity index (χ1n) is 9.37. The number of carbonyl (C=O) groups excluding carboxylic acids is 1. The summed E-state index contributed by atoms with van der Waals surface area (Å²) in [6.45, 7) is 3.22. The summed E-state index contributed by atoms with van der Waals surface area (Å²) in [7, 11) is 0. The quantitative estimate of drug-likeness (QED) is 0.778. The molecule has 1 aliphatic heterocycles. The maximum atomic E-state index is 12.2.